The van der Waals surface area contributed by atoms with Crippen molar-refractivity contribution in [1.82, 2.24) is 0 Å². The Morgan fingerprint density at radius 3 is 2.69 bits per heavy atom. The van der Waals surface area contributed by atoms with E-state index in [4.69, 9.17) is 5.73 Å². The molecule has 3 heteroatoms. The molecule has 0 heterocycles. The van der Waals surface area contributed by atoms with E-state index in [-0.39, 0.29) is 0 Å². The number of nitrogens with two attached hydrogens (primary N) is 1. The summed E-state index contributed by atoms with van der Waals surface area (Å²) in [6.45, 7) is 5.08. The number of anilines is 1. The third-order valence-corrected chi connectivity index (χ3v) is 3.92. The van der Waals surface area contributed by atoms with E-state index in [1.165, 1.54) is 30.6 Å². The Hall–Kier alpha value is -0.540. The summed E-state index contributed by atoms with van der Waals surface area (Å²) >= 11 is 3.58. The van der Waals surface area contributed by atoms with Crippen molar-refractivity contribution in [1.29, 1.82) is 0 Å². The Morgan fingerprint density at radius 2 is 2.19 bits per heavy atom. The molecule has 1 aliphatic carbocycles. The summed E-state index contributed by atoms with van der Waals surface area (Å²) in [6.07, 6.45) is 2.80. The van der Waals surface area contributed by atoms with Crippen molar-refractivity contribution in [3.8, 4) is 0 Å². The Kier molecular flexibility index (Phi) is 3.87. The van der Waals surface area contributed by atoms with Gasteiger partial charge in [0.15, 0.2) is 0 Å². The molecule has 0 aliphatic heterocycles. The smallest absolute Gasteiger partial charge is 0.0377 e. The average Bonchev–Trinajstić information content (AvgIpc) is 3.09. The minimum atomic E-state index is 0.593. The highest BCUT2D eigenvalue weighted by atomic mass is 79.9. The second-order valence-corrected chi connectivity index (χ2v) is 5.32. The molecular formula is C13H19BrN2. The number of hydrogen-bond acceptors (Lipinski definition) is 2. The largest absolute Gasteiger partial charge is 0.372 e. The first-order valence-electron chi connectivity index (χ1n) is 5.98. The van der Waals surface area contributed by atoms with Gasteiger partial charge in [0.2, 0.25) is 0 Å². The lowest BCUT2D eigenvalue weighted by atomic mass is 10.2. The van der Waals surface area contributed by atoms with E-state index in [0.29, 0.717) is 6.54 Å². The molecule has 1 fully saturated rings. The lowest BCUT2D eigenvalue weighted by molar-refractivity contribution is 0.741. The number of benzene rings is 1. The SMILES string of the molecule is CCN(CC1CC1)c1ccc(CN)c(Br)c1. The van der Waals surface area contributed by atoms with E-state index in [2.05, 4.69) is 46.0 Å². The Morgan fingerprint density at radius 1 is 1.44 bits per heavy atom. The van der Waals surface area contributed by atoms with Crippen LogP contribution < -0.4 is 10.6 Å². The molecule has 0 unspecified atom stereocenters. The lowest BCUT2D eigenvalue weighted by Gasteiger charge is -2.23. The van der Waals surface area contributed by atoms with E-state index in [9.17, 15) is 0 Å². The summed E-state index contributed by atoms with van der Waals surface area (Å²) in [4.78, 5) is 2.45. The maximum Gasteiger partial charge on any atom is 0.0377 e. The monoisotopic (exact) mass is 282 g/mol. The first kappa shape index (κ1) is 11.9. The Bertz CT molecular complexity index is 361. The van der Waals surface area contributed by atoms with Crippen molar-refractivity contribution in [2.45, 2.75) is 26.3 Å². The summed E-state index contributed by atoms with van der Waals surface area (Å²) in [6, 6.07) is 6.49. The van der Waals surface area contributed by atoms with Crippen LogP contribution in [0.5, 0.6) is 0 Å². The van der Waals surface area contributed by atoms with Crippen molar-refractivity contribution >= 4 is 21.6 Å². The summed E-state index contributed by atoms with van der Waals surface area (Å²) < 4.78 is 1.13. The molecule has 0 aromatic heterocycles. The Labute approximate surface area is 106 Å². The van der Waals surface area contributed by atoms with Crippen LogP contribution in [0.25, 0.3) is 0 Å². The van der Waals surface area contributed by atoms with Crippen LogP contribution in [0, 0.1) is 5.92 Å². The zero-order valence-electron chi connectivity index (χ0n) is 9.75. The standard InChI is InChI=1S/C13H19BrN2/c1-2-16(9-10-3-4-10)12-6-5-11(8-15)13(14)7-12/h5-7,10H,2-4,8-9,15H2,1H3. The van der Waals surface area contributed by atoms with Crippen molar-refractivity contribution in [3.63, 3.8) is 0 Å². The van der Waals surface area contributed by atoms with Gasteiger partial charge in [-0.2, -0.15) is 0 Å². The fourth-order valence-electron chi connectivity index (χ4n) is 1.93. The summed E-state index contributed by atoms with van der Waals surface area (Å²) in [5.74, 6) is 0.924. The molecule has 1 aromatic carbocycles. The van der Waals surface area contributed by atoms with Gasteiger partial charge in [0.25, 0.3) is 0 Å². The van der Waals surface area contributed by atoms with Crippen molar-refractivity contribution in [3.05, 3.63) is 28.2 Å². The molecule has 0 amide bonds. The van der Waals surface area contributed by atoms with E-state index < -0.39 is 0 Å². The van der Waals surface area contributed by atoms with Gasteiger partial charge in [-0.1, -0.05) is 22.0 Å². The zero-order chi connectivity index (χ0) is 11.5. The third kappa shape index (κ3) is 2.77. The van der Waals surface area contributed by atoms with Gasteiger partial charge in [-0.3, -0.25) is 0 Å². The van der Waals surface area contributed by atoms with Gasteiger partial charge in [0.1, 0.15) is 0 Å². The molecule has 2 rings (SSSR count). The predicted molar refractivity (Wildman–Crippen MR) is 72.6 cm³/mol. The minimum absolute atomic E-state index is 0.593. The fraction of sp³-hybridized carbons (Fsp3) is 0.538. The topological polar surface area (TPSA) is 29.3 Å². The normalized spacial score (nSPS) is 15.2. The predicted octanol–water partition coefficient (Wildman–Crippen LogP) is 3.14. The van der Waals surface area contributed by atoms with Crippen LogP contribution in [0.2, 0.25) is 0 Å². The molecule has 0 bridgehead atoms. The molecule has 1 aromatic rings. The van der Waals surface area contributed by atoms with Gasteiger partial charge >= 0.3 is 0 Å². The maximum atomic E-state index is 5.66. The average molecular weight is 283 g/mol. The van der Waals surface area contributed by atoms with Crippen LogP contribution in [0.4, 0.5) is 5.69 Å². The van der Waals surface area contributed by atoms with Gasteiger partial charge in [0, 0.05) is 29.8 Å². The second kappa shape index (κ2) is 5.19. The van der Waals surface area contributed by atoms with Gasteiger partial charge in [0.05, 0.1) is 0 Å². The van der Waals surface area contributed by atoms with E-state index >= 15 is 0 Å². The molecule has 88 valence electrons. The molecule has 2 nitrogen and oxygen atoms in total. The molecule has 16 heavy (non-hydrogen) atoms. The first-order valence-corrected chi connectivity index (χ1v) is 6.77. The van der Waals surface area contributed by atoms with E-state index in [1.807, 2.05) is 0 Å². The van der Waals surface area contributed by atoms with Gasteiger partial charge in [-0.05, 0) is 43.4 Å². The van der Waals surface area contributed by atoms with Crippen LogP contribution in [0.3, 0.4) is 0 Å². The summed E-state index contributed by atoms with van der Waals surface area (Å²) in [5, 5.41) is 0. The number of nitrogens with zero attached hydrogens (tertiary/aromatic N) is 1. The first-order chi connectivity index (χ1) is 7.74. The van der Waals surface area contributed by atoms with Crippen LogP contribution >= 0.6 is 15.9 Å². The van der Waals surface area contributed by atoms with Crippen LogP contribution in [0.15, 0.2) is 22.7 Å². The van der Waals surface area contributed by atoms with Gasteiger partial charge < -0.3 is 10.6 Å². The number of rotatable bonds is 5. The van der Waals surface area contributed by atoms with E-state index in [1.54, 1.807) is 0 Å². The molecule has 0 saturated heterocycles. The van der Waals surface area contributed by atoms with E-state index in [0.717, 1.165) is 16.9 Å². The molecule has 0 spiro atoms. The molecule has 0 atom stereocenters. The molecule has 1 saturated carbocycles. The van der Waals surface area contributed by atoms with Crippen LogP contribution in [-0.4, -0.2) is 13.1 Å². The third-order valence-electron chi connectivity index (χ3n) is 3.18. The molecular weight excluding hydrogens is 264 g/mol. The second-order valence-electron chi connectivity index (χ2n) is 4.46. The summed E-state index contributed by atoms with van der Waals surface area (Å²) in [5.41, 5.74) is 8.13. The number of halogens is 1. The highest BCUT2D eigenvalue weighted by Gasteiger charge is 2.23. The zero-order valence-corrected chi connectivity index (χ0v) is 11.3. The lowest BCUT2D eigenvalue weighted by Crippen LogP contribution is -2.25. The van der Waals surface area contributed by atoms with Crippen LogP contribution in [-0.2, 0) is 6.54 Å². The minimum Gasteiger partial charge on any atom is -0.372 e. The maximum absolute atomic E-state index is 5.66. The number of hydrogen-bond donors (Lipinski definition) is 1. The van der Waals surface area contributed by atoms with Crippen molar-refractivity contribution in [2.24, 2.45) is 11.7 Å². The quantitative estimate of drug-likeness (QED) is 0.899. The van der Waals surface area contributed by atoms with Crippen LogP contribution in [0.1, 0.15) is 25.3 Å². The van der Waals surface area contributed by atoms with Crippen molar-refractivity contribution < 1.29 is 0 Å². The fourth-order valence-corrected chi connectivity index (χ4v) is 2.46. The summed E-state index contributed by atoms with van der Waals surface area (Å²) in [7, 11) is 0. The van der Waals surface area contributed by atoms with Crippen molar-refractivity contribution in [2.75, 3.05) is 18.0 Å². The highest BCUT2D eigenvalue weighted by Crippen LogP contribution is 2.32. The molecule has 0 radical (unpaired) electrons. The highest BCUT2D eigenvalue weighted by molar-refractivity contribution is 9.10. The molecule has 2 N–H and O–H groups in total. The molecule has 1 aliphatic rings. The Balaban J connectivity index is 2.13. The van der Waals surface area contributed by atoms with Gasteiger partial charge in [-0.25, -0.2) is 0 Å². The van der Waals surface area contributed by atoms with Gasteiger partial charge in [-0.15, -0.1) is 0 Å².